The van der Waals surface area contributed by atoms with E-state index in [0.717, 1.165) is 38.2 Å². The van der Waals surface area contributed by atoms with Crippen LogP contribution in [-0.2, 0) is 0 Å². The van der Waals surface area contributed by atoms with Crippen molar-refractivity contribution in [2.45, 2.75) is 19.4 Å². The highest BCUT2D eigenvalue weighted by molar-refractivity contribution is 9.10. The Kier molecular flexibility index (Phi) is 6.57. The van der Waals surface area contributed by atoms with Crippen LogP contribution in [0.15, 0.2) is 22.7 Å². The van der Waals surface area contributed by atoms with Gasteiger partial charge in [-0.2, -0.15) is 0 Å². The second-order valence-electron chi connectivity index (χ2n) is 4.35. The fourth-order valence-electron chi connectivity index (χ4n) is 2.45. The van der Waals surface area contributed by atoms with Crippen LogP contribution in [0.5, 0.6) is 0 Å². The van der Waals surface area contributed by atoms with E-state index in [9.17, 15) is 4.39 Å². The summed E-state index contributed by atoms with van der Waals surface area (Å²) in [6.07, 6.45) is 1.00. The van der Waals surface area contributed by atoms with Gasteiger partial charge < -0.3 is 5.32 Å². The third-order valence-electron chi connectivity index (χ3n) is 3.32. The fourth-order valence-corrected chi connectivity index (χ4v) is 2.98. The molecule has 5 heteroatoms. The molecule has 0 radical (unpaired) electrons. The lowest BCUT2D eigenvalue weighted by molar-refractivity contribution is 0.168. The topological polar surface area (TPSA) is 15.3 Å². The van der Waals surface area contributed by atoms with Gasteiger partial charge in [-0.15, -0.1) is 12.4 Å². The number of nitrogens with zero attached hydrogens (tertiary/aromatic N) is 1. The first kappa shape index (κ1) is 15.9. The summed E-state index contributed by atoms with van der Waals surface area (Å²) < 4.78 is 14.2. The average Bonchev–Trinajstić information content (AvgIpc) is 2.37. The first-order chi connectivity index (χ1) is 8.24. The van der Waals surface area contributed by atoms with Gasteiger partial charge in [-0.3, -0.25) is 4.90 Å². The first-order valence-corrected chi connectivity index (χ1v) is 6.92. The molecule has 0 aliphatic carbocycles. The molecular formula is C13H19BrClFN2. The van der Waals surface area contributed by atoms with Crippen molar-refractivity contribution in [3.05, 3.63) is 34.1 Å². The Labute approximate surface area is 122 Å². The number of hydrogen-bond acceptors (Lipinski definition) is 2. The molecule has 0 aromatic heterocycles. The van der Waals surface area contributed by atoms with Gasteiger partial charge in [0.1, 0.15) is 5.82 Å². The van der Waals surface area contributed by atoms with E-state index in [0.29, 0.717) is 10.5 Å². The van der Waals surface area contributed by atoms with Gasteiger partial charge in [-0.25, -0.2) is 4.39 Å². The van der Waals surface area contributed by atoms with Crippen LogP contribution >= 0.6 is 28.3 Å². The lowest BCUT2D eigenvalue weighted by atomic mass is 10.0. The van der Waals surface area contributed by atoms with Crippen molar-refractivity contribution in [1.82, 2.24) is 10.2 Å². The molecule has 0 spiro atoms. The molecule has 1 saturated heterocycles. The maximum atomic E-state index is 13.6. The Morgan fingerprint density at radius 1 is 1.39 bits per heavy atom. The molecule has 0 amide bonds. The Morgan fingerprint density at radius 3 is 2.67 bits per heavy atom. The van der Waals surface area contributed by atoms with Gasteiger partial charge in [-0.1, -0.05) is 19.1 Å². The zero-order valence-corrected chi connectivity index (χ0v) is 12.9. The lowest BCUT2D eigenvalue weighted by Gasteiger charge is -2.35. The van der Waals surface area contributed by atoms with E-state index >= 15 is 0 Å². The Hall–Kier alpha value is -0.160. The van der Waals surface area contributed by atoms with Crippen LogP contribution in [0.3, 0.4) is 0 Å². The van der Waals surface area contributed by atoms with E-state index in [2.05, 4.69) is 33.1 Å². The number of hydrogen-bond donors (Lipinski definition) is 1. The zero-order valence-electron chi connectivity index (χ0n) is 10.5. The smallest absolute Gasteiger partial charge is 0.137 e. The van der Waals surface area contributed by atoms with Gasteiger partial charge >= 0.3 is 0 Å². The van der Waals surface area contributed by atoms with Crippen molar-refractivity contribution in [2.75, 3.05) is 26.2 Å². The maximum Gasteiger partial charge on any atom is 0.137 e. The molecular weight excluding hydrogens is 319 g/mol. The van der Waals surface area contributed by atoms with Gasteiger partial charge in [0, 0.05) is 32.2 Å². The van der Waals surface area contributed by atoms with Crippen molar-refractivity contribution in [3.8, 4) is 0 Å². The molecule has 2 nitrogen and oxygen atoms in total. The van der Waals surface area contributed by atoms with Crippen LogP contribution in [0, 0.1) is 5.82 Å². The summed E-state index contributed by atoms with van der Waals surface area (Å²) in [5.74, 6) is -0.170. The van der Waals surface area contributed by atoms with Crippen LogP contribution in [-0.4, -0.2) is 31.1 Å². The molecule has 1 N–H and O–H groups in total. The predicted molar refractivity (Wildman–Crippen MR) is 78.8 cm³/mol. The SMILES string of the molecule is CC[C@@H](c1cccc(F)c1Br)N1CCNCC1.Cl. The van der Waals surface area contributed by atoms with Crippen molar-refractivity contribution >= 4 is 28.3 Å². The molecule has 0 unspecified atom stereocenters. The Balaban J connectivity index is 0.00000162. The summed E-state index contributed by atoms with van der Waals surface area (Å²) in [4.78, 5) is 2.43. The van der Waals surface area contributed by atoms with E-state index in [1.54, 1.807) is 6.07 Å². The van der Waals surface area contributed by atoms with Crippen LogP contribution in [0.1, 0.15) is 24.9 Å². The van der Waals surface area contributed by atoms with Gasteiger partial charge in [0.2, 0.25) is 0 Å². The van der Waals surface area contributed by atoms with Crippen LogP contribution < -0.4 is 5.32 Å². The molecule has 1 aromatic rings. The predicted octanol–water partition coefficient (Wildman–Crippen LogP) is 3.37. The minimum absolute atomic E-state index is 0. The van der Waals surface area contributed by atoms with Gasteiger partial charge in [-0.05, 0) is 34.0 Å². The molecule has 1 heterocycles. The maximum absolute atomic E-state index is 13.6. The average molecular weight is 338 g/mol. The number of rotatable bonds is 3. The molecule has 1 aliphatic rings. The third kappa shape index (κ3) is 3.44. The van der Waals surface area contributed by atoms with Gasteiger partial charge in [0.05, 0.1) is 4.47 Å². The van der Waals surface area contributed by atoms with Gasteiger partial charge in [0.15, 0.2) is 0 Å². The van der Waals surface area contributed by atoms with E-state index in [1.165, 1.54) is 6.07 Å². The lowest BCUT2D eigenvalue weighted by Crippen LogP contribution is -2.45. The third-order valence-corrected chi connectivity index (χ3v) is 4.16. The van der Waals surface area contributed by atoms with Crippen molar-refractivity contribution < 1.29 is 4.39 Å². The molecule has 1 fully saturated rings. The van der Waals surface area contributed by atoms with E-state index in [-0.39, 0.29) is 18.2 Å². The number of halogens is 3. The Bertz CT molecular complexity index is 383. The largest absolute Gasteiger partial charge is 0.314 e. The van der Waals surface area contributed by atoms with Crippen LogP contribution in [0.2, 0.25) is 0 Å². The summed E-state index contributed by atoms with van der Waals surface area (Å²) >= 11 is 3.37. The summed E-state index contributed by atoms with van der Waals surface area (Å²) in [6, 6.07) is 5.61. The summed E-state index contributed by atoms with van der Waals surface area (Å²) in [5.41, 5.74) is 1.06. The molecule has 0 saturated carbocycles. The normalized spacial score (nSPS) is 18.2. The minimum atomic E-state index is -0.170. The second-order valence-corrected chi connectivity index (χ2v) is 5.15. The molecule has 2 rings (SSSR count). The number of nitrogens with one attached hydrogen (secondary N) is 1. The molecule has 18 heavy (non-hydrogen) atoms. The number of benzene rings is 1. The monoisotopic (exact) mass is 336 g/mol. The summed E-state index contributed by atoms with van der Waals surface area (Å²) in [5, 5.41) is 3.34. The summed E-state index contributed by atoms with van der Waals surface area (Å²) in [6.45, 7) is 6.25. The molecule has 1 atom stereocenters. The van der Waals surface area contributed by atoms with E-state index in [4.69, 9.17) is 0 Å². The van der Waals surface area contributed by atoms with E-state index < -0.39 is 0 Å². The summed E-state index contributed by atoms with van der Waals surface area (Å²) in [7, 11) is 0. The highest BCUT2D eigenvalue weighted by Gasteiger charge is 2.23. The highest BCUT2D eigenvalue weighted by atomic mass is 79.9. The van der Waals surface area contributed by atoms with Crippen molar-refractivity contribution in [3.63, 3.8) is 0 Å². The zero-order chi connectivity index (χ0) is 12.3. The standard InChI is InChI=1S/C13H18BrFN2.ClH/c1-2-12(17-8-6-16-7-9-17)10-4-3-5-11(15)13(10)14;/h3-5,12,16H,2,6-9H2,1H3;1H/t12-;/m0./s1. The molecule has 0 bridgehead atoms. The quantitative estimate of drug-likeness (QED) is 0.910. The van der Waals surface area contributed by atoms with Crippen LogP contribution in [0.25, 0.3) is 0 Å². The number of piperazine rings is 1. The van der Waals surface area contributed by atoms with E-state index in [1.807, 2.05) is 6.07 Å². The molecule has 1 aromatic carbocycles. The van der Waals surface area contributed by atoms with Crippen molar-refractivity contribution in [1.29, 1.82) is 0 Å². The Morgan fingerprint density at radius 2 is 2.06 bits per heavy atom. The van der Waals surface area contributed by atoms with Gasteiger partial charge in [0.25, 0.3) is 0 Å². The molecule has 102 valence electrons. The van der Waals surface area contributed by atoms with Crippen LogP contribution in [0.4, 0.5) is 4.39 Å². The first-order valence-electron chi connectivity index (χ1n) is 6.12. The van der Waals surface area contributed by atoms with Crippen molar-refractivity contribution in [2.24, 2.45) is 0 Å². The highest BCUT2D eigenvalue weighted by Crippen LogP contribution is 2.32. The second kappa shape index (κ2) is 7.43. The minimum Gasteiger partial charge on any atom is -0.314 e. The fraction of sp³-hybridized carbons (Fsp3) is 0.538. The molecule has 1 aliphatic heterocycles.